The molecule has 162 valence electrons. The van der Waals surface area contributed by atoms with E-state index >= 15 is 0 Å². The SMILES string of the molecule is CCn1nccc1C(=O)Nc1cccc(NC(=O)c2cc(-c3cccc(OC)c3)n[nH]2)c1. The zero-order valence-corrected chi connectivity index (χ0v) is 17.6. The van der Waals surface area contributed by atoms with E-state index in [1.807, 2.05) is 31.2 Å². The van der Waals surface area contributed by atoms with Crippen molar-refractivity contribution >= 4 is 23.2 Å². The van der Waals surface area contributed by atoms with Crippen molar-refractivity contribution in [3.05, 3.63) is 78.2 Å². The number of benzene rings is 2. The fraction of sp³-hybridized carbons (Fsp3) is 0.130. The number of amides is 2. The molecule has 2 aromatic heterocycles. The summed E-state index contributed by atoms with van der Waals surface area (Å²) < 4.78 is 6.84. The summed E-state index contributed by atoms with van der Waals surface area (Å²) in [6.45, 7) is 2.50. The average molecular weight is 430 g/mol. The van der Waals surface area contributed by atoms with Gasteiger partial charge in [-0.3, -0.25) is 19.4 Å². The molecule has 0 aliphatic rings. The van der Waals surface area contributed by atoms with Gasteiger partial charge in [-0.2, -0.15) is 10.2 Å². The normalized spacial score (nSPS) is 10.6. The molecule has 2 heterocycles. The highest BCUT2D eigenvalue weighted by Gasteiger charge is 2.14. The van der Waals surface area contributed by atoms with E-state index in [1.165, 1.54) is 0 Å². The summed E-state index contributed by atoms with van der Waals surface area (Å²) in [6, 6.07) is 17.7. The molecule has 4 rings (SSSR count). The number of carbonyl (C=O) groups excluding carboxylic acids is 2. The molecule has 9 nitrogen and oxygen atoms in total. The molecule has 9 heteroatoms. The Labute approximate surface area is 184 Å². The molecule has 0 radical (unpaired) electrons. The molecule has 2 amide bonds. The number of hydrogen-bond donors (Lipinski definition) is 3. The van der Waals surface area contributed by atoms with Crippen molar-refractivity contribution in [2.24, 2.45) is 0 Å². The van der Waals surface area contributed by atoms with Gasteiger partial charge in [0.25, 0.3) is 11.8 Å². The summed E-state index contributed by atoms with van der Waals surface area (Å²) in [5, 5.41) is 16.7. The van der Waals surface area contributed by atoms with Crippen LogP contribution in [0.1, 0.15) is 27.9 Å². The number of rotatable bonds is 7. The van der Waals surface area contributed by atoms with Gasteiger partial charge in [0.1, 0.15) is 17.1 Å². The third kappa shape index (κ3) is 4.51. The number of H-pyrrole nitrogens is 1. The predicted molar refractivity (Wildman–Crippen MR) is 121 cm³/mol. The van der Waals surface area contributed by atoms with E-state index in [2.05, 4.69) is 25.9 Å². The number of nitrogens with zero attached hydrogens (tertiary/aromatic N) is 3. The second-order valence-electron chi connectivity index (χ2n) is 6.92. The summed E-state index contributed by atoms with van der Waals surface area (Å²) in [6.07, 6.45) is 1.58. The van der Waals surface area contributed by atoms with Crippen LogP contribution < -0.4 is 15.4 Å². The van der Waals surface area contributed by atoms with Crippen LogP contribution in [0.5, 0.6) is 5.75 Å². The van der Waals surface area contributed by atoms with Gasteiger partial charge in [-0.05, 0) is 49.4 Å². The lowest BCUT2D eigenvalue weighted by Crippen LogP contribution is -2.17. The van der Waals surface area contributed by atoms with E-state index in [0.717, 1.165) is 5.56 Å². The third-order valence-corrected chi connectivity index (χ3v) is 4.82. The standard InChI is InChI=1S/C23H22N6O3/c1-3-29-21(10-11-24-29)23(31)26-17-8-5-7-16(13-17)25-22(30)20-14-19(27-28-20)15-6-4-9-18(12-15)32-2/h4-14H,3H2,1-2H3,(H,25,30)(H,26,31)(H,27,28). The molecular formula is C23H22N6O3. The van der Waals surface area contributed by atoms with Crippen molar-refractivity contribution in [3.63, 3.8) is 0 Å². The predicted octanol–water partition coefficient (Wildman–Crippen LogP) is 3.81. The fourth-order valence-electron chi connectivity index (χ4n) is 3.21. The Balaban J connectivity index is 1.45. The van der Waals surface area contributed by atoms with Crippen molar-refractivity contribution in [2.45, 2.75) is 13.5 Å². The Morgan fingerprint density at radius 3 is 2.50 bits per heavy atom. The molecule has 32 heavy (non-hydrogen) atoms. The number of carbonyl (C=O) groups is 2. The van der Waals surface area contributed by atoms with Gasteiger partial charge in [-0.15, -0.1) is 0 Å². The number of nitrogens with one attached hydrogen (secondary N) is 3. The number of aromatic nitrogens is 4. The van der Waals surface area contributed by atoms with Gasteiger partial charge >= 0.3 is 0 Å². The number of aryl methyl sites for hydroxylation is 1. The number of hydrogen-bond acceptors (Lipinski definition) is 5. The number of anilines is 2. The van der Waals surface area contributed by atoms with E-state index in [0.29, 0.717) is 40.8 Å². The van der Waals surface area contributed by atoms with Crippen LogP contribution >= 0.6 is 0 Å². The Hall–Kier alpha value is -4.40. The summed E-state index contributed by atoms with van der Waals surface area (Å²) in [5.74, 6) is 0.0841. The van der Waals surface area contributed by atoms with Gasteiger partial charge in [0, 0.05) is 29.7 Å². The Morgan fingerprint density at radius 2 is 1.75 bits per heavy atom. The second kappa shape index (κ2) is 9.17. The minimum atomic E-state index is -0.348. The molecule has 0 aliphatic heterocycles. The van der Waals surface area contributed by atoms with E-state index in [9.17, 15) is 9.59 Å². The summed E-state index contributed by atoms with van der Waals surface area (Å²) in [5.41, 5.74) is 3.32. The van der Waals surface area contributed by atoms with Crippen molar-refractivity contribution < 1.29 is 14.3 Å². The van der Waals surface area contributed by atoms with Crippen LogP contribution in [0.15, 0.2) is 66.9 Å². The summed E-state index contributed by atoms with van der Waals surface area (Å²) in [7, 11) is 1.59. The highest BCUT2D eigenvalue weighted by atomic mass is 16.5. The first kappa shape index (κ1) is 20.9. The molecule has 0 unspecified atom stereocenters. The van der Waals surface area contributed by atoms with Crippen LogP contribution in [0.2, 0.25) is 0 Å². The number of aromatic amines is 1. The highest BCUT2D eigenvalue weighted by Crippen LogP contribution is 2.23. The van der Waals surface area contributed by atoms with Gasteiger partial charge in [-0.1, -0.05) is 18.2 Å². The lowest BCUT2D eigenvalue weighted by atomic mass is 10.1. The van der Waals surface area contributed by atoms with Crippen molar-refractivity contribution in [3.8, 4) is 17.0 Å². The van der Waals surface area contributed by atoms with Crippen molar-refractivity contribution in [2.75, 3.05) is 17.7 Å². The molecule has 0 spiro atoms. The molecule has 0 saturated carbocycles. The lowest BCUT2D eigenvalue weighted by Gasteiger charge is -2.09. The van der Waals surface area contributed by atoms with Crippen molar-refractivity contribution in [1.82, 2.24) is 20.0 Å². The highest BCUT2D eigenvalue weighted by molar-refractivity contribution is 6.05. The summed E-state index contributed by atoms with van der Waals surface area (Å²) in [4.78, 5) is 25.2. The lowest BCUT2D eigenvalue weighted by molar-refractivity contribution is 0.101. The maximum Gasteiger partial charge on any atom is 0.273 e. The second-order valence-corrected chi connectivity index (χ2v) is 6.92. The minimum Gasteiger partial charge on any atom is -0.497 e. The maximum atomic E-state index is 12.7. The van der Waals surface area contributed by atoms with E-state index in [4.69, 9.17) is 4.74 Å². The van der Waals surface area contributed by atoms with Gasteiger partial charge < -0.3 is 15.4 Å². The monoisotopic (exact) mass is 430 g/mol. The first-order chi connectivity index (χ1) is 15.6. The van der Waals surface area contributed by atoms with Gasteiger partial charge in [0.05, 0.1) is 12.8 Å². The van der Waals surface area contributed by atoms with Gasteiger partial charge in [0.2, 0.25) is 0 Å². The van der Waals surface area contributed by atoms with Crippen LogP contribution in [-0.2, 0) is 6.54 Å². The van der Waals surface area contributed by atoms with Crippen LogP contribution in [0.3, 0.4) is 0 Å². The third-order valence-electron chi connectivity index (χ3n) is 4.82. The van der Waals surface area contributed by atoms with Crippen LogP contribution in [0.4, 0.5) is 11.4 Å². The molecule has 0 fully saturated rings. The van der Waals surface area contributed by atoms with E-state index in [1.54, 1.807) is 54.4 Å². The average Bonchev–Trinajstić information content (AvgIpc) is 3.49. The zero-order chi connectivity index (χ0) is 22.5. The molecular weight excluding hydrogens is 408 g/mol. The Bertz CT molecular complexity index is 1260. The largest absolute Gasteiger partial charge is 0.497 e. The van der Waals surface area contributed by atoms with Gasteiger partial charge in [-0.25, -0.2) is 0 Å². The summed E-state index contributed by atoms with van der Waals surface area (Å²) >= 11 is 0. The molecule has 2 aromatic carbocycles. The van der Waals surface area contributed by atoms with Crippen molar-refractivity contribution in [1.29, 1.82) is 0 Å². The first-order valence-electron chi connectivity index (χ1n) is 10.0. The maximum absolute atomic E-state index is 12.7. The number of methoxy groups -OCH3 is 1. The van der Waals surface area contributed by atoms with E-state index in [-0.39, 0.29) is 11.8 Å². The number of ether oxygens (including phenoxy) is 1. The van der Waals surface area contributed by atoms with Crippen LogP contribution in [0.25, 0.3) is 11.3 Å². The quantitative estimate of drug-likeness (QED) is 0.413. The zero-order valence-electron chi connectivity index (χ0n) is 17.6. The smallest absolute Gasteiger partial charge is 0.273 e. The Morgan fingerprint density at radius 1 is 1.00 bits per heavy atom. The minimum absolute atomic E-state index is 0.274. The molecule has 4 aromatic rings. The first-order valence-corrected chi connectivity index (χ1v) is 10.0. The molecule has 0 atom stereocenters. The topological polar surface area (TPSA) is 114 Å². The van der Waals surface area contributed by atoms with Crippen LogP contribution in [0, 0.1) is 0 Å². The van der Waals surface area contributed by atoms with E-state index < -0.39 is 0 Å². The molecule has 0 aliphatic carbocycles. The Kier molecular flexibility index (Phi) is 5.98. The van der Waals surface area contributed by atoms with Gasteiger partial charge in [0.15, 0.2) is 0 Å². The fourth-order valence-corrected chi connectivity index (χ4v) is 3.21. The molecule has 3 N–H and O–H groups in total. The van der Waals surface area contributed by atoms with Crippen LogP contribution in [-0.4, -0.2) is 38.9 Å². The molecule has 0 saturated heterocycles. The molecule has 0 bridgehead atoms.